The molecule has 1 aromatic carbocycles. The molecule has 0 aliphatic carbocycles. The smallest absolute Gasteiger partial charge is 0.369 e. The molecule has 0 unspecified atom stereocenters. The van der Waals surface area contributed by atoms with Crippen molar-refractivity contribution in [1.82, 2.24) is 35.1 Å². The van der Waals surface area contributed by atoms with Crippen molar-refractivity contribution >= 4 is 22.6 Å². The topological polar surface area (TPSA) is 109 Å². The number of halogens is 3. The minimum atomic E-state index is -4.16. The summed E-state index contributed by atoms with van der Waals surface area (Å²) in [6.45, 7) is 2.70. The molecule has 3 aromatic heterocycles. The number of aromatic nitrogens is 5. The molecule has 1 aliphatic rings. The van der Waals surface area contributed by atoms with Crippen LogP contribution in [0.25, 0.3) is 22.2 Å². The van der Waals surface area contributed by atoms with Gasteiger partial charge in [-0.25, -0.2) is 19.9 Å². The van der Waals surface area contributed by atoms with Gasteiger partial charge in [0.1, 0.15) is 18.0 Å². The molecule has 1 saturated heterocycles. The van der Waals surface area contributed by atoms with Gasteiger partial charge in [-0.15, -0.1) is 0 Å². The second-order valence-electron chi connectivity index (χ2n) is 10.7. The lowest BCUT2D eigenvalue weighted by molar-refractivity contribution is -0.148. The molecule has 4 aromatic rings. The van der Waals surface area contributed by atoms with Crippen LogP contribution in [0.15, 0.2) is 55.2 Å². The van der Waals surface area contributed by atoms with E-state index >= 15 is 0 Å². The molecule has 1 fully saturated rings. The van der Waals surface area contributed by atoms with E-state index in [1.165, 1.54) is 11.2 Å². The average Bonchev–Trinajstić information content (AvgIpc) is 2.99. The number of alkyl halides is 3. The Bertz CT molecular complexity index is 1520. The number of fused-ring (bicyclic) bond motifs is 1. The molecule has 5 rings (SSSR count). The summed E-state index contributed by atoms with van der Waals surface area (Å²) in [7, 11) is 1.61. The number of hydrogen-bond acceptors (Lipinski definition) is 8. The standard InChI is InChI=1S/C30H33F3N8O/c1-19(22-4-3-5-23-24(29(42)34-2)6-9-35-28(22)23)14-36-27-13-25(39-18-40-27)21-15-37-26(38-16-21)12-20-7-10-41(11-8-20)17-30(31,32)33/h3-6,9,13,15-16,18-20H,7-8,10-12,14,17H2,1-2H3,(H,34,42)(H,36,39,40)/t19-/m1/s1. The number of carbonyl (C=O) groups excluding carboxylic acids is 1. The van der Waals surface area contributed by atoms with Gasteiger partial charge in [0, 0.05) is 61.5 Å². The normalized spacial score (nSPS) is 15.5. The van der Waals surface area contributed by atoms with Crippen LogP contribution in [0.1, 0.15) is 47.4 Å². The van der Waals surface area contributed by atoms with Crippen molar-refractivity contribution in [3.63, 3.8) is 0 Å². The molecule has 2 N–H and O–H groups in total. The van der Waals surface area contributed by atoms with Crippen molar-refractivity contribution in [2.75, 3.05) is 38.5 Å². The van der Waals surface area contributed by atoms with Crippen LogP contribution in [0.5, 0.6) is 0 Å². The summed E-state index contributed by atoms with van der Waals surface area (Å²) < 4.78 is 37.9. The lowest BCUT2D eigenvalue weighted by atomic mass is 9.93. The summed E-state index contributed by atoms with van der Waals surface area (Å²) >= 11 is 0. The highest BCUT2D eigenvalue weighted by molar-refractivity contribution is 6.06. The lowest BCUT2D eigenvalue weighted by Gasteiger charge is -2.32. The first-order chi connectivity index (χ1) is 20.2. The molecule has 1 amide bonds. The second kappa shape index (κ2) is 12.8. The molecule has 9 nitrogen and oxygen atoms in total. The van der Waals surface area contributed by atoms with Crippen LogP contribution in [0.3, 0.4) is 0 Å². The maximum absolute atomic E-state index is 12.6. The first kappa shape index (κ1) is 29.3. The van der Waals surface area contributed by atoms with Gasteiger partial charge in [-0.2, -0.15) is 13.2 Å². The number of benzene rings is 1. The summed E-state index contributed by atoms with van der Waals surface area (Å²) in [5.74, 6) is 1.52. The Hall–Kier alpha value is -4.19. The van der Waals surface area contributed by atoms with E-state index in [1.54, 1.807) is 31.7 Å². The third-order valence-electron chi connectivity index (χ3n) is 7.64. The van der Waals surface area contributed by atoms with Crippen LogP contribution in [-0.2, 0) is 6.42 Å². The van der Waals surface area contributed by atoms with E-state index in [0.29, 0.717) is 61.8 Å². The van der Waals surface area contributed by atoms with Crippen molar-refractivity contribution in [2.45, 2.75) is 38.3 Å². The predicted molar refractivity (Wildman–Crippen MR) is 154 cm³/mol. The third kappa shape index (κ3) is 7.17. The monoisotopic (exact) mass is 578 g/mol. The Morgan fingerprint density at radius 2 is 1.83 bits per heavy atom. The number of piperidine rings is 1. The SMILES string of the molecule is CNC(=O)c1ccnc2c([C@H](C)CNc3cc(-c4cnc(CC5CCN(CC(F)(F)F)CC5)nc4)ncn3)cccc12. The zero-order chi connectivity index (χ0) is 29.7. The van der Waals surface area contributed by atoms with Crippen molar-refractivity contribution in [3.05, 3.63) is 72.2 Å². The number of nitrogens with one attached hydrogen (secondary N) is 2. The van der Waals surface area contributed by atoms with Gasteiger partial charge in [0.05, 0.1) is 23.3 Å². The van der Waals surface area contributed by atoms with Gasteiger partial charge in [-0.05, 0) is 43.5 Å². The van der Waals surface area contributed by atoms with Gasteiger partial charge >= 0.3 is 6.18 Å². The van der Waals surface area contributed by atoms with Crippen molar-refractivity contribution in [3.8, 4) is 11.3 Å². The number of rotatable bonds is 9. The molecule has 1 atom stereocenters. The van der Waals surface area contributed by atoms with Gasteiger partial charge in [-0.1, -0.05) is 25.1 Å². The van der Waals surface area contributed by atoms with Crippen LogP contribution in [0, 0.1) is 5.92 Å². The summed E-state index contributed by atoms with van der Waals surface area (Å²) in [6.07, 6.45) is 4.47. The van der Waals surface area contributed by atoms with Crippen molar-refractivity contribution in [2.24, 2.45) is 5.92 Å². The number of para-hydroxylation sites is 1. The van der Waals surface area contributed by atoms with Gasteiger partial charge in [0.25, 0.3) is 5.91 Å². The van der Waals surface area contributed by atoms with E-state index < -0.39 is 12.7 Å². The summed E-state index contributed by atoms with van der Waals surface area (Å²) in [5, 5.41) is 6.86. The minimum absolute atomic E-state index is 0.0718. The number of carbonyl (C=O) groups is 1. The number of pyridine rings is 1. The van der Waals surface area contributed by atoms with Crippen LogP contribution in [0.4, 0.5) is 19.0 Å². The minimum Gasteiger partial charge on any atom is -0.369 e. The average molecular weight is 579 g/mol. The number of anilines is 1. The Morgan fingerprint density at radius 1 is 1.07 bits per heavy atom. The predicted octanol–water partition coefficient (Wildman–Crippen LogP) is 4.87. The fourth-order valence-corrected chi connectivity index (χ4v) is 5.36. The molecule has 12 heteroatoms. The van der Waals surface area contributed by atoms with Crippen LogP contribution in [0.2, 0.25) is 0 Å². The van der Waals surface area contributed by atoms with E-state index in [2.05, 4.69) is 42.5 Å². The number of nitrogens with zero attached hydrogens (tertiary/aromatic N) is 6. The van der Waals surface area contributed by atoms with E-state index in [0.717, 1.165) is 22.0 Å². The van der Waals surface area contributed by atoms with Crippen molar-refractivity contribution in [1.29, 1.82) is 0 Å². The maximum atomic E-state index is 12.6. The van der Waals surface area contributed by atoms with Gasteiger partial charge in [0.2, 0.25) is 0 Å². The highest BCUT2D eigenvalue weighted by Crippen LogP contribution is 2.28. The Kier molecular flexibility index (Phi) is 8.91. The Morgan fingerprint density at radius 3 is 2.55 bits per heavy atom. The van der Waals surface area contributed by atoms with Crippen LogP contribution >= 0.6 is 0 Å². The summed E-state index contributed by atoms with van der Waals surface area (Å²) in [4.78, 5) is 36.1. The molecule has 4 heterocycles. The first-order valence-electron chi connectivity index (χ1n) is 14.0. The quantitative estimate of drug-likeness (QED) is 0.290. The van der Waals surface area contributed by atoms with E-state index in [-0.39, 0.29) is 17.7 Å². The van der Waals surface area contributed by atoms with E-state index in [4.69, 9.17) is 0 Å². The Balaban J connectivity index is 1.19. The fraction of sp³-hybridized carbons (Fsp3) is 0.400. The molecule has 42 heavy (non-hydrogen) atoms. The molecular formula is C30H33F3N8O. The van der Waals surface area contributed by atoms with Crippen molar-refractivity contribution < 1.29 is 18.0 Å². The molecule has 0 bridgehead atoms. The first-order valence-corrected chi connectivity index (χ1v) is 14.0. The molecule has 0 saturated carbocycles. The lowest BCUT2D eigenvalue weighted by Crippen LogP contribution is -2.40. The highest BCUT2D eigenvalue weighted by Gasteiger charge is 2.32. The largest absolute Gasteiger partial charge is 0.401 e. The molecule has 0 spiro atoms. The number of likely N-dealkylation sites (tertiary alicyclic amines) is 1. The van der Waals surface area contributed by atoms with E-state index in [1.807, 2.05) is 24.3 Å². The number of amides is 1. The molecule has 0 radical (unpaired) electrons. The van der Waals surface area contributed by atoms with Crippen LogP contribution in [-0.4, -0.2) is 75.1 Å². The fourth-order valence-electron chi connectivity index (χ4n) is 5.36. The molecular weight excluding hydrogens is 545 g/mol. The Labute approximate surface area is 242 Å². The van der Waals surface area contributed by atoms with Gasteiger partial charge in [-0.3, -0.25) is 14.7 Å². The van der Waals surface area contributed by atoms with Crippen LogP contribution < -0.4 is 10.6 Å². The molecule has 1 aliphatic heterocycles. The molecule has 220 valence electrons. The number of hydrogen-bond donors (Lipinski definition) is 2. The summed E-state index contributed by atoms with van der Waals surface area (Å²) in [5.41, 5.74) is 3.83. The van der Waals surface area contributed by atoms with Gasteiger partial charge < -0.3 is 10.6 Å². The zero-order valence-corrected chi connectivity index (χ0v) is 23.5. The van der Waals surface area contributed by atoms with Gasteiger partial charge in [0.15, 0.2) is 0 Å². The highest BCUT2D eigenvalue weighted by atomic mass is 19.4. The zero-order valence-electron chi connectivity index (χ0n) is 23.5. The maximum Gasteiger partial charge on any atom is 0.401 e. The third-order valence-corrected chi connectivity index (χ3v) is 7.64. The second-order valence-corrected chi connectivity index (χ2v) is 10.7. The summed E-state index contributed by atoms with van der Waals surface area (Å²) in [6, 6.07) is 9.42. The van der Waals surface area contributed by atoms with E-state index in [9.17, 15) is 18.0 Å².